The number of nitrogens with zero attached hydrogens (tertiary/aromatic N) is 2. The first-order valence-corrected chi connectivity index (χ1v) is 13.7. The average molecular weight is 504 g/mol. The predicted molar refractivity (Wildman–Crippen MR) is 138 cm³/mol. The molecule has 5 rings (SSSR count). The number of carbonyl (C=O) groups excluding carboxylic acids is 1. The number of Topliss-reactive ketones (excluding diaryl/α,β-unsaturated/α-hetero) is 1. The second-order valence-electron chi connectivity index (χ2n) is 9.09. The van der Waals surface area contributed by atoms with Gasteiger partial charge in [0.15, 0.2) is 5.78 Å². The average Bonchev–Trinajstić information content (AvgIpc) is 3.58. The van der Waals surface area contributed by atoms with Crippen LogP contribution in [0.3, 0.4) is 0 Å². The van der Waals surface area contributed by atoms with Crippen molar-refractivity contribution in [3.63, 3.8) is 0 Å². The summed E-state index contributed by atoms with van der Waals surface area (Å²) < 4.78 is 31.9. The fraction of sp³-hybridized carbons (Fsp3) is 0.286. The number of aryl methyl sites for hydroxylation is 1. The first-order chi connectivity index (χ1) is 17.5. The van der Waals surface area contributed by atoms with Gasteiger partial charge in [-0.3, -0.25) is 14.7 Å². The smallest absolute Gasteiger partial charge is 0.206 e. The summed E-state index contributed by atoms with van der Waals surface area (Å²) in [7, 11) is -3.64. The number of ketones is 1. The number of rotatable bonds is 10. The van der Waals surface area contributed by atoms with Gasteiger partial charge in [-0.1, -0.05) is 12.1 Å². The van der Waals surface area contributed by atoms with E-state index in [9.17, 15) is 13.2 Å². The molecule has 8 heteroatoms. The van der Waals surface area contributed by atoms with Gasteiger partial charge in [-0.2, -0.15) is 0 Å². The fourth-order valence-electron chi connectivity index (χ4n) is 4.50. The van der Waals surface area contributed by atoms with Crippen molar-refractivity contribution in [1.82, 2.24) is 14.9 Å². The van der Waals surface area contributed by atoms with Crippen LogP contribution in [-0.4, -0.2) is 55.3 Å². The van der Waals surface area contributed by atoms with Gasteiger partial charge in [0.2, 0.25) is 9.84 Å². The SMILES string of the molecule is O=C(CCc1ccc(S(=O)(=O)c2ccc(OCCN3CCCC3)cc2)cc1)c1cc2cnccc2[nH]1. The second-order valence-corrected chi connectivity index (χ2v) is 11.0. The molecule has 0 atom stereocenters. The molecule has 0 unspecified atom stereocenters. The molecule has 1 aliphatic heterocycles. The molecular weight excluding hydrogens is 474 g/mol. The monoisotopic (exact) mass is 503 g/mol. The Labute approximate surface area is 211 Å². The van der Waals surface area contributed by atoms with E-state index in [4.69, 9.17) is 4.74 Å². The third kappa shape index (κ3) is 5.50. The molecule has 4 aromatic rings. The minimum Gasteiger partial charge on any atom is -0.492 e. The number of likely N-dealkylation sites (tertiary alicyclic amines) is 1. The standard InChI is InChI=1S/C28H29N3O4S/c32-28(27-19-22-20-29-14-13-26(22)30-27)12-5-21-3-8-24(9-4-21)36(33,34)25-10-6-23(7-11-25)35-18-17-31-15-1-2-16-31/h3-4,6-11,13-14,19-20,30H,1-2,5,12,15-18H2. The quantitative estimate of drug-likeness (QED) is 0.316. The first-order valence-electron chi connectivity index (χ1n) is 12.2. The Morgan fingerprint density at radius 3 is 2.36 bits per heavy atom. The highest BCUT2D eigenvalue weighted by atomic mass is 32.2. The van der Waals surface area contributed by atoms with Crippen molar-refractivity contribution in [3.8, 4) is 5.75 Å². The van der Waals surface area contributed by atoms with Crippen LogP contribution in [0.2, 0.25) is 0 Å². The summed E-state index contributed by atoms with van der Waals surface area (Å²) in [6, 6.07) is 17.0. The molecule has 1 saturated heterocycles. The lowest BCUT2D eigenvalue weighted by Gasteiger charge is -2.15. The van der Waals surface area contributed by atoms with Gasteiger partial charge in [0, 0.05) is 36.3 Å². The van der Waals surface area contributed by atoms with Gasteiger partial charge in [0.1, 0.15) is 12.4 Å². The van der Waals surface area contributed by atoms with Crippen LogP contribution < -0.4 is 4.74 Å². The Balaban J connectivity index is 1.17. The van der Waals surface area contributed by atoms with E-state index in [-0.39, 0.29) is 15.6 Å². The van der Waals surface area contributed by atoms with E-state index in [1.807, 2.05) is 12.1 Å². The molecule has 0 radical (unpaired) electrons. The molecule has 0 saturated carbocycles. The van der Waals surface area contributed by atoms with Crippen LogP contribution in [-0.2, 0) is 16.3 Å². The van der Waals surface area contributed by atoms with E-state index in [0.29, 0.717) is 30.9 Å². The highest BCUT2D eigenvalue weighted by Gasteiger charge is 2.18. The summed E-state index contributed by atoms with van der Waals surface area (Å²) in [6.45, 7) is 3.72. The van der Waals surface area contributed by atoms with Crippen LogP contribution in [0.1, 0.15) is 35.3 Å². The molecule has 1 fully saturated rings. The lowest BCUT2D eigenvalue weighted by atomic mass is 10.1. The van der Waals surface area contributed by atoms with Crippen molar-refractivity contribution < 1.29 is 17.9 Å². The highest BCUT2D eigenvalue weighted by molar-refractivity contribution is 7.91. The van der Waals surface area contributed by atoms with E-state index < -0.39 is 9.84 Å². The predicted octanol–water partition coefficient (Wildman–Crippen LogP) is 4.69. The summed E-state index contributed by atoms with van der Waals surface area (Å²) in [5.74, 6) is 0.671. The number of hydrogen-bond donors (Lipinski definition) is 1. The highest BCUT2D eigenvalue weighted by Crippen LogP contribution is 2.24. The third-order valence-electron chi connectivity index (χ3n) is 6.60. The molecule has 0 spiro atoms. The fourth-order valence-corrected chi connectivity index (χ4v) is 5.76. The van der Waals surface area contributed by atoms with Crippen molar-refractivity contribution in [3.05, 3.63) is 84.3 Å². The number of pyridine rings is 1. The van der Waals surface area contributed by atoms with Gasteiger partial charge >= 0.3 is 0 Å². The van der Waals surface area contributed by atoms with Gasteiger partial charge in [-0.25, -0.2) is 8.42 Å². The number of hydrogen-bond acceptors (Lipinski definition) is 6. The Morgan fingerprint density at radius 1 is 0.972 bits per heavy atom. The minimum absolute atomic E-state index is 0.00522. The summed E-state index contributed by atoms with van der Waals surface area (Å²) in [4.78, 5) is 22.6. The second kappa shape index (κ2) is 10.6. The largest absolute Gasteiger partial charge is 0.492 e. The maximum Gasteiger partial charge on any atom is 0.206 e. The topological polar surface area (TPSA) is 92.4 Å². The van der Waals surface area contributed by atoms with Crippen LogP contribution in [0.25, 0.3) is 10.9 Å². The van der Waals surface area contributed by atoms with E-state index in [0.717, 1.165) is 36.1 Å². The first kappa shape index (κ1) is 24.2. The van der Waals surface area contributed by atoms with Crippen LogP contribution >= 0.6 is 0 Å². The number of sulfone groups is 1. The van der Waals surface area contributed by atoms with Gasteiger partial charge in [0.25, 0.3) is 0 Å². The molecular formula is C28H29N3O4S. The number of ether oxygens (including phenoxy) is 1. The van der Waals surface area contributed by atoms with E-state index in [2.05, 4.69) is 14.9 Å². The molecule has 0 bridgehead atoms. The molecule has 2 aromatic heterocycles. The van der Waals surface area contributed by atoms with Crippen LogP contribution in [0.4, 0.5) is 0 Å². The number of nitrogens with one attached hydrogen (secondary N) is 1. The lowest BCUT2D eigenvalue weighted by molar-refractivity contribution is 0.0979. The molecule has 36 heavy (non-hydrogen) atoms. The summed E-state index contributed by atoms with van der Waals surface area (Å²) in [6.07, 6.45) is 6.74. The molecule has 1 aliphatic rings. The maximum absolute atomic E-state index is 13.1. The molecule has 3 heterocycles. The van der Waals surface area contributed by atoms with Crippen LogP contribution in [0.15, 0.2) is 82.8 Å². The summed E-state index contributed by atoms with van der Waals surface area (Å²) in [5, 5.41) is 0.900. The third-order valence-corrected chi connectivity index (χ3v) is 8.39. The number of benzene rings is 2. The minimum atomic E-state index is -3.64. The van der Waals surface area contributed by atoms with E-state index in [1.165, 1.54) is 12.8 Å². The number of aromatic amines is 1. The van der Waals surface area contributed by atoms with Gasteiger partial charge < -0.3 is 9.72 Å². The number of carbonyl (C=O) groups is 1. The zero-order valence-corrected chi connectivity index (χ0v) is 20.8. The summed E-state index contributed by atoms with van der Waals surface area (Å²) in [5.41, 5.74) is 2.34. The van der Waals surface area contributed by atoms with Crippen LogP contribution in [0.5, 0.6) is 5.75 Å². The molecule has 1 N–H and O–H groups in total. The molecule has 0 aliphatic carbocycles. The zero-order chi connectivity index (χ0) is 25.0. The number of fused-ring (bicyclic) bond motifs is 1. The summed E-state index contributed by atoms with van der Waals surface area (Å²) >= 11 is 0. The van der Waals surface area contributed by atoms with Crippen molar-refractivity contribution in [1.29, 1.82) is 0 Å². The Kier molecular flexibility index (Phi) is 7.16. The van der Waals surface area contributed by atoms with Crippen molar-refractivity contribution >= 4 is 26.5 Å². The zero-order valence-electron chi connectivity index (χ0n) is 20.0. The number of aromatic nitrogens is 2. The van der Waals surface area contributed by atoms with E-state index in [1.54, 1.807) is 60.9 Å². The van der Waals surface area contributed by atoms with Crippen molar-refractivity contribution in [2.45, 2.75) is 35.5 Å². The van der Waals surface area contributed by atoms with Crippen molar-refractivity contribution in [2.24, 2.45) is 0 Å². The van der Waals surface area contributed by atoms with Crippen molar-refractivity contribution in [2.75, 3.05) is 26.2 Å². The van der Waals surface area contributed by atoms with Crippen LogP contribution in [0, 0.1) is 0 Å². The maximum atomic E-state index is 13.1. The van der Waals surface area contributed by atoms with Gasteiger partial charge in [-0.15, -0.1) is 0 Å². The lowest BCUT2D eigenvalue weighted by Crippen LogP contribution is -2.25. The normalized spacial score (nSPS) is 14.3. The Bertz CT molecular complexity index is 1410. The van der Waals surface area contributed by atoms with Gasteiger partial charge in [-0.05, 0) is 86.4 Å². The molecule has 0 amide bonds. The Morgan fingerprint density at radius 2 is 1.67 bits per heavy atom. The number of H-pyrrole nitrogens is 1. The molecule has 186 valence electrons. The molecule has 7 nitrogen and oxygen atoms in total. The van der Waals surface area contributed by atoms with E-state index >= 15 is 0 Å². The van der Waals surface area contributed by atoms with Gasteiger partial charge in [0.05, 0.1) is 15.5 Å². The molecule has 2 aromatic carbocycles. The Hall–Kier alpha value is -3.49.